The zero-order valence-corrected chi connectivity index (χ0v) is 14.4. The highest BCUT2D eigenvalue weighted by molar-refractivity contribution is 5.66. The summed E-state index contributed by atoms with van der Waals surface area (Å²) < 4.78 is 5.97. The Bertz CT molecular complexity index is 512. The summed E-state index contributed by atoms with van der Waals surface area (Å²) in [6.07, 6.45) is 5.33. The second-order valence-electron chi connectivity index (χ2n) is 6.92. The van der Waals surface area contributed by atoms with E-state index in [0.29, 0.717) is 5.92 Å². The number of carbonyl (C=O) groups excluding carboxylic acids is 1. The van der Waals surface area contributed by atoms with Crippen LogP contribution in [0.2, 0.25) is 0 Å². The molecule has 22 heavy (non-hydrogen) atoms. The Labute approximate surface area is 134 Å². The van der Waals surface area contributed by atoms with E-state index >= 15 is 0 Å². The average molecular weight is 303 g/mol. The van der Waals surface area contributed by atoms with Crippen LogP contribution in [0.4, 0.5) is 0 Å². The van der Waals surface area contributed by atoms with Gasteiger partial charge in [0.25, 0.3) is 0 Å². The van der Waals surface area contributed by atoms with Crippen LogP contribution in [0.1, 0.15) is 56.1 Å². The van der Waals surface area contributed by atoms with Gasteiger partial charge in [0.2, 0.25) is 0 Å². The van der Waals surface area contributed by atoms with Gasteiger partial charge in [-0.1, -0.05) is 36.2 Å². The van der Waals surface area contributed by atoms with Crippen molar-refractivity contribution in [2.45, 2.75) is 57.5 Å². The van der Waals surface area contributed by atoms with Crippen LogP contribution < -0.4 is 0 Å². The molecule has 0 aromatic heterocycles. The van der Waals surface area contributed by atoms with E-state index in [2.05, 4.69) is 50.2 Å². The molecule has 0 amide bonds. The van der Waals surface area contributed by atoms with Crippen LogP contribution in [-0.2, 0) is 9.53 Å². The molecule has 0 bridgehead atoms. The fourth-order valence-electron chi connectivity index (χ4n) is 3.74. The van der Waals surface area contributed by atoms with Crippen LogP contribution in [0.25, 0.3) is 0 Å². The first-order valence-electron chi connectivity index (χ1n) is 8.34. The van der Waals surface area contributed by atoms with E-state index in [1.165, 1.54) is 17.5 Å². The van der Waals surface area contributed by atoms with Crippen LogP contribution in [-0.4, -0.2) is 37.1 Å². The topological polar surface area (TPSA) is 29.5 Å². The molecule has 122 valence electrons. The summed E-state index contributed by atoms with van der Waals surface area (Å²) in [5, 5.41) is 0. The first kappa shape index (κ1) is 17.0. The van der Waals surface area contributed by atoms with E-state index in [4.69, 9.17) is 4.74 Å². The highest BCUT2D eigenvalue weighted by Crippen LogP contribution is 2.45. The Morgan fingerprint density at radius 1 is 1.36 bits per heavy atom. The van der Waals surface area contributed by atoms with Gasteiger partial charge < -0.3 is 9.64 Å². The maximum absolute atomic E-state index is 11.8. The molecule has 2 rings (SSSR count). The largest absolute Gasteiger partial charge is 0.459 e. The van der Waals surface area contributed by atoms with Gasteiger partial charge in [0.15, 0.2) is 0 Å². The van der Waals surface area contributed by atoms with Crippen molar-refractivity contribution in [1.82, 2.24) is 4.90 Å². The van der Waals surface area contributed by atoms with Gasteiger partial charge >= 0.3 is 5.97 Å². The highest BCUT2D eigenvalue weighted by Gasteiger charge is 2.44. The minimum absolute atomic E-state index is 0.154. The molecule has 3 heteroatoms. The summed E-state index contributed by atoms with van der Waals surface area (Å²) in [6.45, 7) is 4.61. The van der Waals surface area contributed by atoms with Gasteiger partial charge in [-0.15, -0.1) is 0 Å². The van der Waals surface area contributed by atoms with E-state index in [9.17, 15) is 4.79 Å². The molecule has 0 radical (unpaired) electrons. The van der Waals surface area contributed by atoms with Gasteiger partial charge in [-0.3, -0.25) is 4.79 Å². The van der Waals surface area contributed by atoms with E-state index in [0.717, 1.165) is 32.2 Å². The van der Waals surface area contributed by atoms with Crippen molar-refractivity contribution < 1.29 is 9.53 Å². The SMILES string of the molecule is CC(=O)OC1(CCN(C)C)CCCCC1c1cccc(C)c1. The zero-order valence-electron chi connectivity index (χ0n) is 14.4. The van der Waals surface area contributed by atoms with Crippen LogP contribution in [0, 0.1) is 6.92 Å². The third-order valence-electron chi connectivity index (χ3n) is 4.75. The number of nitrogens with zero attached hydrogens (tertiary/aromatic N) is 1. The Morgan fingerprint density at radius 3 is 2.77 bits per heavy atom. The van der Waals surface area contributed by atoms with Gasteiger partial charge in [0.1, 0.15) is 5.60 Å². The standard InChI is InChI=1S/C19H29NO2/c1-15-8-7-9-17(14-15)18-10-5-6-11-19(18,22-16(2)21)12-13-20(3)4/h7-9,14,18H,5-6,10-13H2,1-4H3. The summed E-state index contributed by atoms with van der Waals surface area (Å²) in [4.78, 5) is 13.9. The number of esters is 1. The predicted octanol–water partition coefficient (Wildman–Crippen LogP) is 3.91. The van der Waals surface area contributed by atoms with Crippen molar-refractivity contribution in [2.24, 2.45) is 0 Å². The summed E-state index contributed by atoms with van der Waals surface area (Å²) >= 11 is 0. The average Bonchev–Trinajstić information content (AvgIpc) is 2.45. The maximum atomic E-state index is 11.8. The van der Waals surface area contributed by atoms with Crippen molar-refractivity contribution in [2.75, 3.05) is 20.6 Å². The molecule has 1 saturated carbocycles. The highest BCUT2D eigenvalue weighted by atomic mass is 16.6. The fourth-order valence-corrected chi connectivity index (χ4v) is 3.74. The Morgan fingerprint density at radius 2 is 2.14 bits per heavy atom. The lowest BCUT2D eigenvalue weighted by Crippen LogP contribution is -2.45. The predicted molar refractivity (Wildman–Crippen MR) is 90.1 cm³/mol. The van der Waals surface area contributed by atoms with Crippen molar-refractivity contribution in [3.63, 3.8) is 0 Å². The summed E-state index contributed by atoms with van der Waals surface area (Å²) in [5.74, 6) is 0.156. The van der Waals surface area contributed by atoms with E-state index in [-0.39, 0.29) is 11.6 Å². The van der Waals surface area contributed by atoms with Gasteiger partial charge in [-0.2, -0.15) is 0 Å². The van der Waals surface area contributed by atoms with Crippen LogP contribution in [0.5, 0.6) is 0 Å². The van der Waals surface area contributed by atoms with Crippen LogP contribution in [0.15, 0.2) is 24.3 Å². The number of rotatable bonds is 5. The van der Waals surface area contributed by atoms with E-state index in [1.54, 1.807) is 6.92 Å². The third kappa shape index (κ3) is 4.10. The first-order valence-corrected chi connectivity index (χ1v) is 8.34. The summed E-state index contributed by atoms with van der Waals surface area (Å²) in [5.41, 5.74) is 2.24. The molecular formula is C19H29NO2. The minimum atomic E-state index is -0.345. The molecule has 1 aromatic rings. The second-order valence-corrected chi connectivity index (χ2v) is 6.92. The zero-order chi connectivity index (χ0) is 16.2. The minimum Gasteiger partial charge on any atom is -0.459 e. The molecule has 1 aromatic carbocycles. The Kier molecular flexibility index (Phi) is 5.63. The molecule has 0 aliphatic heterocycles. The molecule has 2 atom stereocenters. The van der Waals surface area contributed by atoms with Crippen LogP contribution >= 0.6 is 0 Å². The van der Waals surface area contributed by atoms with Gasteiger partial charge in [-0.25, -0.2) is 0 Å². The second kappa shape index (κ2) is 7.28. The number of hydrogen-bond donors (Lipinski definition) is 0. The summed E-state index contributed by atoms with van der Waals surface area (Å²) in [6, 6.07) is 8.68. The van der Waals surface area contributed by atoms with Gasteiger partial charge in [0, 0.05) is 25.8 Å². The normalized spacial score (nSPS) is 25.2. The Hall–Kier alpha value is -1.35. The Balaban J connectivity index is 2.34. The smallest absolute Gasteiger partial charge is 0.303 e. The van der Waals surface area contributed by atoms with Crippen molar-refractivity contribution in [3.8, 4) is 0 Å². The first-order chi connectivity index (χ1) is 10.4. The molecule has 0 heterocycles. The lowest BCUT2D eigenvalue weighted by molar-refractivity contribution is -0.164. The summed E-state index contributed by atoms with van der Waals surface area (Å²) in [7, 11) is 4.15. The molecular weight excluding hydrogens is 274 g/mol. The van der Waals surface area contributed by atoms with Crippen molar-refractivity contribution in [3.05, 3.63) is 35.4 Å². The number of aryl methyl sites for hydroxylation is 1. The van der Waals surface area contributed by atoms with Crippen molar-refractivity contribution >= 4 is 5.97 Å². The van der Waals surface area contributed by atoms with Crippen LogP contribution in [0.3, 0.4) is 0 Å². The molecule has 0 saturated heterocycles. The number of benzene rings is 1. The lowest BCUT2D eigenvalue weighted by atomic mass is 9.70. The molecule has 2 unspecified atom stereocenters. The number of ether oxygens (including phenoxy) is 1. The quantitative estimate of drug-likeness (QED) is 0.773. The van der Waals surface area contributed by atoms with Crippen molar-refractivity contribution in [1.29, 1.82) is 0 Å². The maximum Gasteiger partial charge on any atom is 0.303 e. The van der Waals surface area contributed by atoms with Gasteiger partial charge in [-0.05, 0) is 45.8 Å². The number of carbonyl (C=O) groups is 1. The molecule has 1 aliphatic carbocycles. The lowest BCUT2D eigenvalue weighted by Gasteiger charge is -2.44. The molecule has 3 nitrogen and oxygen atoms in total. The fraction of sp³-hybridized carbons (Fsp3) is 0.632. The number of hydrogen-bond acceptors (Lipinski definition) is 3. The molecule has 0 spiro atoms. The molecule has 0 N–H and O–H groups in total. The molecule has 1 aliphatic rings. The van der Waals surface area contributed by atoms with E-state index < -0.39 is 0 Å². The monoisotopic (exact) mass is 303 g/mol. The van der Waals surface area contributed by atoms with Gasteiger partial charge in [0.05, 0.1) is 0 Å². The van der Waals surface area contributed by atoms with E-state index in [1.807, 2.05) is 0 Å². The third-order valence-corrected chi connectivity index (χ3v) is 4.75. The molecule has 1 fully saturated rings.